The van der Waals surface area contributed by atoms with Crippen molar-refractivity contribution in [2.75, 3.05) is 13.2 Å². The van der Waals surface area contributed by atoms with Gasteiger partial charge in [0.15, 0.2) is 6.29 Å². The van der Waals surface area contributed by atoms with E-state index in [-0.39, 0.29) is 30.8 Å². The smallest absolute Gasteiger partial charge is 0.157 e. The van der Waals surface area contributed by atoms with E-state index in [1.54, 1.807) is 0 Å². The molecule has 1 unspecified atom stereocenters. The second kappa shape index (κ2) is 11.3. The Kier molecular flexibility index (Phi) is 8.74. The van der Waals surface area contributed by atoms with Crippen LogP contribution in [-0.4, -0.2) is 53.1 Å². The van der Waals surface area contributed by atoms with Gasteiger partial charge in [-0.1, -0.05) is 30.3 Å². The van der Waals surface area contributed by atoms with Crippen LogP contribution in [0.1, 0.15) is 56.9 Å². The van der Waals surface area contributed by atoms with Crippen LogP contribution in [-0.2, 0) is 15.9 Å². The third kappa shape index (κ3) is 6.26. The fraction of sp³-hybridized carbons (Fsp3) is 0.739. The van der Waals surface area contributed by atoms with Gasteiger partial charge in [0.25, 0.3) is 0 Å². The third-order valence-electron chi connectivity index (χ3n) is 6.39. The summed E-state index contributed by atoms with van der Waals surface area (Å²) in [4.78, 5) is 0. The Morgan fingerprint density at radius 1 is 1.00 bits per heavy atom. The van der Waals surface area contributed by atoms with Crippen LogP contribution in [0.4, 0.5) is 0 Å². The maximum atomic E-state index is 10.4. The Bertz CT molecular complexity index is 545. The lowest BCUT2D eigenvalue weighted by Gasteiger charge is -2.30. The fourth-order valence-corrected chi connectivity index (χ4v) is 4.79. The zero-order valence-electron chi connectivity index (χ0n) is 16.8. The maximum absolute atomic E-state index is 10.4. The Morgan fingerprint density at radius 3 is 2.43 bits per heavy atom. The number of ether oxygens (including phenoxy) is 2. The minimum absolute atomic E-state index is 0.0252. The summed E-state index contributed by atoms with van der Waals surface area (Å²) in [5.74, 6) is -0.00190. The Labute approximate surface area is 168 Å². The molecule has 1 aromatic rings. The van der Waals surface area contributed by atoms with E-state index in [1.165, 1.54) is 5.56 Å². The molecule has 2 fully saturated rings. The molecule has 3 rings (SSSR count). The van der Waals surface area contributed by atoms with E-state index in [9.17, 15) is 15.3 Å². The molecule has 158 valence electrons. The third-order valence-corrected chi connectivity index (χ3v) is 6.39. The zero-order chi connectivity index (χ0) is 19.8. The highest BCUT2D eigenvalue weighted by atomic mass is 16.7. The number of aliphatic hydroxyl groups excluding tert-OH is 3. The van der Waals surface area contributed by atoms with E-state index in [2.05, 4.69) is 24.3 Å². The SMILES string of the molecule is OCC[C@@H]1[C@@H](CC[C@H](CCc2ccccc2)OC2CCCCO2)[C@H](O)C[C@H]1O. The van der Waals surface area contributed by atoms with Crippen molar-refractivity contribution < 1.29 is 24.8 Å². The lowest BCUT2D eigenvalue weighted by Crippen LogP contribution is -2.30. The van der Waals surface area contributed by atoms with Crippen molar-refractivity contribution in [1.29, 1.82) is 0 Å². The Morgan fingerprint density at radius 2 is 1.75 bits per heavy atom. The van der Waals surface area contributed by atoms with Gasteiger partial charge in [0.05, 0.1) is 18.3 Å². The molecule has 1 aliphatic heterocycles. The van der Waals surface area contributed by atoms with Crippen LogP contribution in [0.15, 0.2) is 30.3 Å². The molecule has 28 heavy (non-hydrogen) atoms. The topological polar surface area (TPSA) is 79.2 Å². The monoisotopic (exact) mass is 392 g/mol. The van der Waals surface area contributed by atoms with Gasteiger partial charge < -0.3 is 24.8 Å². The number of hydrogen-bond donors (Lipinski definition) is 3. The summed E-state index contributed by atoms with van der Waals surface area (Å²) in [5, 5.41) is 29.9. The first-order chi connectivity index (χ1) is 13.7. The summed E-state index contributed by atoms with van der Waals surface area (Å²) < 4.78 is 12.1. The first-order valence-electron chi connectivity index (χ1n) is 11.0. The van der Waals surface area contributed by atoms with Crippen molar-refractivity contribution >= 4 is 0 Å². The van der Waals surface area contributed by atoms with Crippen LogP contribution in [0, 0.1) is 11.8 Å². The molecular weight excluding hydrogens is 356 g/mol. The molecule has 0 radical (unpaired) electrons. The van der Waals surface area contributed by atoms with Crippen molar-refractivity contribution in [3.63, 3.8) is 0 Å². The van der Waals surface area contributed by atoms with Gasteiger partial charge in [0.2, 0.25) is 0 Å². The lowest BCUT2D eigenvalue weighted by molar-refractivity contribution is -0.191. The van der Waals surface area contributed by atoms with E-state index < -0.39 is 12.2 Å². The highest BCUT2D eigenvalue weighted by Gasteiger charge is 2.41. The van der Waals surface area contributed by atoms with E-state index in [4.69, 9.17) is 9.47 Å². The van der Waals surface area contributed by atoms with Crippen LogP contribution < -0.4 is 0 Å². The van der Waals surface area contributed by atoms with Crippen LogP contribution in [0.5, 0.6) is 0 Å². The number of aryl methyl sites for hydroxylation is 1. The molecule has 6 atom stereocenters. The van der Waals surface area contributed by atoms with E-state index in [0.717, 1.165) is 51.6 Å². The molecule has 0 aromatic heterocycles. The van der Waals surface area contributed by atoms with Crippen LogP contribution >= 0.6 is 0 Å². The highest BCUT2D eigenvalue weighted by molar-refractivity contribution is 5.14. The Hall–Kier alpha value is -0.980. The van der Waals surface area contributed by atoms with Gasteiger partial charge in [-0.15, -0.1) is 0 Å². The summed E-state index contributed by atoms with van der Waals surface area (Å²) in [7, 11) is 0. The predicted molar refractivity (Wildman–Crippen MR) is 108 cm³/mol. The van der Waals surface area contributed by atoms with Gasteiger partial charge in [0, 0.05) is 13.2 Å². The summed E-state index contributed by atoms with van der Waals surface area (Å²) in [6, 6.07) is 10.4. The van der Waals surface area contributed by atoms with Gasteiger partial charge in [-0.3, -0.25) is 0 Å². The summed E-state index contributed by atoms with van der Waals surface area (Å²) in [6.07, 6.45) is 6.59. The van der Waals surface area contributed by atoms with Crippen LogP contribution in [0.2, 0.25) is 0 Å². The van der Waals surface area contributed by atoms with E-state index in [0.29, 0.717) is 12.8 Å². The molecule has 5 heteroatoms. The molecule has 1 saturated heterocycles. The van der Waals surface area contributed by atoms with Gasteiger partial charge in [-0.25, -0.2) is 0 Å². The number of rotatable bonds is 10. The summed E-state index contributed by atoms with van der Waals surface area (Å²) >= 11 is 0. The van der Waals surface area contributed by atoms with Gasteiger partial charge in [0.1, 0.15) is 0 Å². The van der Waals surface area contributed by atoms with Gasteiger partial charge >= 0.3 is 0 Å². The van der Waals surface area contributed by atoms with Crippen molar-refractivity contribution in [2.24, 2.45) is 11.8 Å². The van der Waals surface area contributed by atoms with E-state index in [1.807, 2.05) is 6.07 Å². The molecule has 1 aliphatic carbocycles. The highest BCUT2D eigenvalue weighted by Crippen LogP contribution is 2.38. The molecule has 1 heterocycles. The van der Waals surface area contributed by atoms with Crippen molar-refractivity contribution in [2.45, 2.75) is 82.4 Å². The predicted octanol–water partition coefficient (Wildman–Crippen LogP) is 3.05. The first kappa shape index (κ1) is 21.7. The van der Waals surface area contributed by atoms with Crippen LogP contribution in [0.25, 0.3) is 0 Å². The van der Waals surface area contributed by atoms with Gasteiger partial charge in [-0.2, -0.15) is 0 Å². The molecule has 2 aliphatic rings. The molecule has 1 aromatic carbocycles. The number of aliphatic hydroxyl groups is 3. The molecule has 0 bridgehead atoms. The minimum atomic E-state index is -0.516. The molecule has 0 amide bonds. The van der Waals surface area contributed by atoms with Crippen molar-refractivity contribution in [1.82, 2.24) is 0 Å². The van der Waals surface area contributed by atoms with E-state index >= 15 is 0 Å². The van der Waals surface area contributed by atoms with Gasteiger partial charge in [-0.05, 0) is 75.2 Å². The molecule has 3 N–H and O–H groups in total. The average molecular weight is 393 g/mol. The molecule has 0 spiro atoms. The number of hydrogen-bond acceptors (Lipinski definition) is 5. The Balaban J connectivity index is 1.57. The normalized spacial score (nSPS) is 31.8. The molecular formula is C23H36O5. The van der Waals surface area contributed by atoms with Crippen molar-refractivity contribution in [3.8, 4) is 0 Å². The fourth-order valence-electron chi connectivity index (χ4n) is 4.79. The standard InChI is InChI=1S/C23H36O5/c24-14-13-20-19(21(25)16-22(20)26)12-11-18(28-23-8-4-5-15-27-23)10-9-17-6-2-1-3-7-17/h1-3,6-7,18-26H,4-5,8-16H2/t18-,19+,20+,21+,22+,23?/m0/s1. The maximum Gasteiger partial charge on any atom is 0.157 e. The number of benzene rings is 1. The quantitative estimate of drug-likeness (QED) is 0.570. The molecule has 5 nitrogen and oxygen atoms in total. The minimum Gasteiger partial charge on any atom is -0.396 e. The summed E-state index contributed by atoms with van der Waals surface area (Å²) in [6.45, 7) is 0.816. The average Bonchev–Trinajstić information content (AvgIpc) is 2.98. The largest absolute Gasteiger partial charge is 0.396 e. The summed E-state index contributed by atoms with van der Waals surface area (Å²) in [5.41, 5.74) is 1.30. The second-order valence-corrected chi connectivity index (χ2v) is 8.37. The van der Waals surface area contributed by atoms with Crippen molar-refractivity contribution in [3.05, 3.63) is 35.9 Å². The zero-order valence-corrected chi connectivity index (χ0v) is 16.8. The lowest BCUT2D eigenvalue weighted by atomic mass is 9.86. The second-order valence-electron chi connectivity index (χ2n) is 8.37. The first-order valence-corrected chi connectivity index (χ1v) is 11.0. The molecule has 1 saturated carbocycles. The van der Waals surface area contributed by atoms with Crippen LogP contribution in [0.3, 0.4) is 0 Å².